The van der Waals surface area contributed by atoms with Gasteiger partial charge in [-0.1, -0.05) is 35.9 Å². The Morgan fingerprint density at radius 1 is 0.897 bits per heavy atom. The Morgan fingerprint density at radius 3 is 2.28 bits per heavy atom. The predicted molar refractivity (Wildman–Crippen MR) is 115 cm³/mol. The average molecular weight is 409 g/mol. The lowest BCUT2D eigenvalue weighted by molar-refractivity contribution is 0.0955. The molecule has 0 radical (unpaired) electrons. The maximum Gasteiger partial charge on any atom is 0.259 e. The fourth-order valence-corrected chi connectivity index (χ4v) is 2.81. The van der Waals surface area contributed by atoms with Crippen molar-refractivity contribution in [3.63, 3.8) is 0 Å². The van der Waals surface area contributed by atoms with Crippen LogP contribution in [-0.2, 0) is 6.61 Å². The van der Waals surface area contributed by atoms with Gasteiger partial charge >= 0.3 is 0 Å². The Morgan fingerprint density at radius 2 is 1.59 bits per heavy atom. The number of nitrogens with one attached hydrogen (secondary N) is 2. The first kappa shape index (κ1) is 20.4. The minimum atomic E-state index is -0.289. The fourth-order valence-electron chi connectivity index (χ4n) is 2.69. The summed E-state index contributed by atoms with van der Waals surface area (Å²) in [6, 6.07) is 21.1. The lowest BCUT2D eigenvalue weighted by atomic mass is 10.1. The third-order valence-corrected chi connectivity index (χ3v) is 4.43. The molecule has 0 aliphatic heterocycles. The fraction of sp³-hybridized carbons (Fsp3) is 0.130. The van der Waals surface area contributed by atoms with E-state index < -0.39 is 0 Å². The number of amides is 2. The van der Waals surface area contributed by atoms with Gasteiger partial charge in [-0.2, -0.15) is 0 Å². The van der Waals surface area contributed by atoms with E-state index in [1.165, 1.54) is 0 Å². The molecule has 0 saturated heterocycles. The molecule has 0 aromatic heterocycles. The highest BCUT2D eigenvalue weighted by Gasteiger charge is 2.13. The SMILES string of the molecule is CCNC(=O)c1ccc(NC(=O)c2ccccc2OCc2ccc(Cl)cc2)cc1. The summed E-state index contributed by atoms with van der Waals surface area (Å²) in [6.45, 7) is 2.74. The minimum Gasteiger partial charge on any atom is -0.488 e. The molecule has 3 aromatic rings. The van der Waals surface area contributed by atoms with E-state index in [0.29, 0.717) is 40.7 Å². The number of benzene rings is 3. The lowest BCUT2D eigenvalue weighted by Gasteiger charge is -2.12. The van der Waals surface area contributed by atoms with Crippen molar-refractivity contribution in [2.45, 2.75) is 13.5 Å². The smallest absolute Gasteiger partial charge is 0.259 e. The molecule has 0 heterocycles. The van der Waals surface area contributed by atoms with Crippen molar-refractivity contribution in [1.29, 1.82) is 0 Å². The number of halogens is 1. The van der Waals surface area contributed by atoms with E-state index in [9.17, 15) is 9.59 Å². The molecular weight excluding hydrogens is 388 g/mol. The highest BCUT2D eigenvalue weighted by atomic mass is 35.5. The molecular formula is C23H21ClN2O3. The van der Waals surface area contributed by atoms with Crippen LogP contribution in [0.4, 0.5) is 5.69 Å². The third kappa shape index (κ3) is 5.59. The number of carbonyl (C=O) groups is 2. The zero-order valence-corrected chi connectivity index (χ0v) is 16.7. The molecule has 2 N–H and O–H groups in total. The van der Waals surface area contributed by atoms with Gasteiger partial charge in [0, 0.05) is 22.8 Å². The zero-order chi connectivity index (χ0) is 20.6. The standard InChI is InChI=1S/C23H21ClN2O3/c1-2-25-22(27)17-9-13-19(14-10-17)26-23(28)20-5-3-4-6-21(20)29-15-16-7-11-18(24)12-8-16/h3-14H,2,15H2,1H3,(H,25,27)(H,26,28). The van der Waals surface area contributed by atoms with Gasteiger partial charge in [0.15, 0.2) is 0 Å². The van der Waals surface area contributed by atoms with Crippen LogP contribution in [-0.4, -0.2) is 18.4 Å². The Hall–Kier alpha value is -3.31. The normalized spacial score (nSPS) is 10.3. The maximum absolute atomic E-state index is 12.7. The Labute approximate surface area is 174 Å². The van der Waals surface area contributed by atoms with Gasteiger partial charge in [-0.25, -0.2) is 0 Å². The van der Waals surface area contributed by atoms with Gasteiger partial charge in [-0.15, -0.1) is 0 Å². The number of para-hydroxylation sites is 1. The van der Waals surface area contributed by atoms with Crippen molar-refractivity contribution < 1.29 is 14.3 Å². The molecule has 0 unspecified atom stereocenters. The summed E-state index contributed by atoms with van der Waals surface area (Å²) in [6.07, 6.45) is 0. The average Bonchev–Trinajstić information content (AvgIpc) is 2.74. The molecule has 0 atom stereocenters. The minimum absolute atomic E-state index is 0.147. The molecule has 2 amide bonds. The molecule has 0 bridgehead atoms. The summed E-state index contributed by atoms with van der Waals surface area (Å²) in [4.78, 5) is 24.6. The topological polar surface area (TPSA) is 67.4 Å². The second-order valence-corrected chi connectivity index (χ2v) is 6.74. The molecule has 29 heavy (non-hydrogen) atoms. The van der Waals surface area contributed by atoms with E-state index in [1.807, 2.05) is 25.1 Å². The van der Waals surface area contributed by atoms with Gasteiger partial charge in [-0.05, 0) is 61.0 Å². The van der Waals surface area contributed by atoms with Crippen LogP contribution in [0, 0.1) is 0 Å². The van der Waals surface area contributed by atoms with Gasteiger partial charge in [0.2, 0.25) is 0 Å². The van der Waals surface area contributed by atoms with Crippen molar-refractivity contribution in [1.82, 2.24) is 5.32 Å². The van der Waals surface area contributed by atoms with Gasteiger partial charge in [-0.3, -0.25) is 9.59 Å². The van der Waals surface area contributed by atoms with Crippen LogP contribution in [0.25, 0.3) is 0 Å². The van der Waals surface area contributed by atoms with Crippen LogP contribution < -0.4 is 15.4 Å². The molecule has 0 saturated carbocycles. The van der Waals surface area contributed by atoms with Crippen molar-refractivity contribution >= 4 is 29.1 Å². The first-order valence-corrected chi connectivity index (χ1v) is 9.60. The van der Waals surface area contributed by atoms with Crippen molar-refractivity contribution in [2.24, 2.45) is 0 Å². The summed E-state index contributed by atoms with van der Waals surface area (Å²) in [5.41, 5.74) is 2.51. The van der Waals surface area contributed by atoms with Gasteiger partial charge in [0.05, 0.1) is 5.56 Å². The molecule has 5 nitrogen and oxygen atoms in total. The molecule has 3 rings (SSSR count). The largest absolute Gasteiger partial charge is 0.488 e. The molecule has 0 spiro atoms. The summed E-state index contributed by atoms with van der Waals surface area (Å²) in [5, 5.41) is 6.23. The van der Waals surface area contributed by atoms with Crippen LogP contribution in [0.2, 0.25) is 5.02 Å². The third-order valence-electron chi connectivity index (χ3n) is 4.18. The molecule has 0 aliphatic rings. The van der Waals surface area contributed by atoms with E-state index >= 15 is 0 Å². The second kappa shape index (κ2) is 9.75. The first-order valence-electron chi connectivity index (χ1n) is 9.22. The summed E-state index contributed by atoms with van der Waals surface area (Å²) < 4.78 is 5.84. The predicted octanol–water partition coefficient (Wildman–Crippen LogP) is 4.92. The first-order chi connectivity index (χ1) is 14.1. The molecule has 0 aliphatic carbocycles. The van der Waals surface area contributed by atoms with Crippen LogP contribution in [0.3, 0.4) is 0 Å². The maximum atomic E-state index is 12.7. The zero-order valence-electron chi connectivity index (χ0n) is 15.9. The molecule has 3 aromatic carbocycles. The number of carbonyl (C=O) groups excluding carboxylic acids is 2. The second-order valence-electron chi connectivity index (χ2n) is 6.30. The highest BCUT2D eigenvalue weighted by Crippen LogP contribution is 2.22. The quantitative estimate of drug-likeness (QED) is 0.583. The van der Waals surface area contributed by atoms with Gasteiger partial charge in [0.25, 0.3) is 11.8 Å². The van der Waals surface area contributed by atoms with Crippen LogP contribution >= 0.6 is 11.6 Å². The summed E-state index contributed by atoms with van der Waals surface area (Å²) >= 11 is 5.90. The van der Waals surface area contributed by atoms with Gasteiger partial charge in [0.1, 0.15) is 12.4 Å². The van der Waals surface area contributed by atoms with Crippen LogP contribution in [0.5, 0.6) is 5.75 Å². The molecule has 148 valence electrons. The Bertz CT molecular complexity index is 986. The van der Waals surface area contributed by atoms with Crippen LogP contribution in [0.15, 0.2) is 72.8 Å². The number of rotatable bonds is 7. The van der Waals surface area contributed by atoms with E-state index in [1.54, 1.807) is 54.6 Å². The number of hydrogen-bond donors (Lipinski definition) is 2. The van der Waals surface area contributed by atoms with E-state index in [2.05, 4.69) is 10.6 Å². The van der Waals surface area contributed by atoms with Gasteiger partial charge < -0.3 is 15.4 Å². The molecule has 0 fully saturated rings. The number of anilines is 1. The van der Waals surface area contributed by atoms with Crippen molar-refractivity contribution in [3.05, 3.63) is 94.5 Å². The van der Waals surface area contributed by atoms with Crippen LogP contribution in [0.1, 0.15) is 33.2 Å². The Kier molecular flexibility index (Phi) is 6.87. The summed E-state index contributed by atoms with van der Waals surface area (Å²) in [5.74, 6) is 0.0488. The van der Waals surface area contributed by atoms with E-state index in [0.717, 1.165) is 5.56 Å². The van der Waals surface area contributed by atoms with Crippen molar-refractivity contribution in [3.8, 4) is 5.75 Å². The highest BCUT2D eigenvalue weighted by molar-refractivity contribution is 6.30. The van der Waals surface area contributed by atoms with Crippen molar-refractivity contribution in [2.75, 3.05) is 11.9 Å². The number of hydrogen-bond acceptors (Lipinski definition) is 3. The lowest BCUT2D eigenvalue weighted by Crippen LogP contribution is -2.22. The van der Waals surface area contributed by atoms with E-state index in [-0.39, 0.29) is 11.8 Å². The van der Waals surface area contributed by atoms with E-state index in [4.69, 9.17) is 16.3 Å². The molecule has 6 heteroatoms. The monoisotopic (exact) mass is 408 g/mol. The number of ether oxygens (including phenoxy) is 1. The Balaban J connectivity index is 1.68. The summed E-state index contributed by atoms with van der Waals surface area (Å²) in [7, 11) is 0.